The second-order valence-electron chi connectivity index (χ2n) is 8.01. The molecule has 0 aliphatic carbocycles. The fourth-order valence-electron chi connectivity index (χ4n) is 2.31. The number of rotatable bonds is 8. The summed E-state index contributed by atoms with van der Waals surface area (Å²) in [6.45, 7) is 8.49. The standard InChI is InChI=1S/C20H31N3O5/c1-12(2)17(21)19(27)23-15(10-13-6-8-14(24)9-7-13)18(26)22-11-16(25)28-20(3,4)5/h6-9,12,15,17,24H,10-11,21H2,1-5H3,(H,22,26)(H,23,27). The first kappa shape index (κ1) is 23.4. The highest BCUT2D eigenvalue weighted by atomic mass is 16.6. The number of ether oxygens (including phenoxy) is 1. The average molecular weight is 393 g/mol. The van der Waals surface area contributed by atoms with Crippen LogP contribution in [0.5, 0.6) is 5.75 Å². The first-order valence-electron chi connectivity index (χ1n) is 9.22. The van der Waals surface area contributed by atoms with Crippen LogP contribution in [0.25, 0.3) is 0 Å². The molecule has 8 nitrogen and oxygen atoms in total. The highest BCUT2D eigenvalue weighted by molar-refractivity contribution is 5.91. The molecule has 5 N–H and O–H groups in total. The Morgan fingerprint density at radius 1 is 1.11 bits per heavy atom. The Morgan fingerprint density at radius 2 is 1.68 bits per heavy atom. The van der Waals surface area contributed by atoms with E-state index in [0.29, 0.717) is 0 Å². The first-order valence-corrected chi connectivity index (χ1v) is 9.22. The Kier molecular flexibility index (Phi) is 8.43. The summed E-state index contributed by atoms with van der Waals surface area (Å²) >= 11 is 0. The van der Waals surface area contributed by atoms with Crippen LogP contribution < -0.4 is 16.4 Å². The average Bonchev–Trinajstić information content (AvgIpc) is 2.58. The SMILES string of the molecule is CC(C)C(N)C(=O)NC(Cc1ccc(O)cc1)C(=O)NCC(=O)OC(C)(C)C. The molecule has 28 heavy (non-hydrogen) atoms. The monoisotopic (exact) mass is 393 g/mol. The van der Waals surface area contributed by atoms with Crippen molar-refractivity contribution in [3.63, 3.8) is 0 Å². The second-order valence-corrected chi connectivity index (χ2v) is 8.01. The van der Waals surface area contributed by atoms with E-state index in [4.69, 9.17) is 10.5 Å². The molecular weight excluding hydrogens is 362 g/mol. The van der Waals surface area contributed by atoms with Crippen LogP contribution in [-0.2, 0) is 25.5 Å². The zero-order valence-electron chi connectivity index (χ0n) is 17.1. The Hall–Kier alpha value is -2.61. The van der Waals surface area contributed by atoms with Gasteiger partial charge in [0.05, 0.1) is 6.04 Å². The minimum atomic E-state index is -0.927. The normalized spacial score (nSPS) is 13.5. The van der Waals surface area contributed by atoms with Crippen molar-refractivity contribution >= 4 is 17.8 Å². The fraction of sp³-hybridized carbons (Fsp3) is 0.550. The maximum atomic E-state index is 12.6. The molecule has 0 saturated carbocycles. The van der Waals surface area contributed by atoms with Gasteiger partial charge in [-0.2, -0.15) is 0 Å². The van der Waals surface area contributed by atoms with Gasteiger partial charge in [-0.05, 0) is 44.4 Å². The third-order valence-corrected chi connectivity index (χ3v) is 3.86. The number of hydrogen-bond acceptors (Lipinski definition) is 6. The molecule has 0 saturated heterocycles. The minimum Gasteiger partial charge on any atom is -0.508 e. The number of amides is 2. The first-order chi connectivity index (χ1) is 12.9. The van der Waals surface area contributed by atoms with Gasteiger partial charge in [0.15, 0.2) is 0 Å². The lowest BCUT2D eigenvalue weighted by Crippen LogP contribution is -2.54. The number of aromatic hydroxyl groups is 1. The fourth-order valence-corrected chi connectivity index (χ4v) is 2.31. The number of carbonyl (C=O) groups excluding carboxylic acids is 3. The van der Waals surface area contributed by atoms with Crippen LogP contribution in [0.1, 0.15) is 40.2 Å². The molecule has 0 fully saturated rings. The predicted molar refractivity (Wildman–Crippen MR) is 105 cm³/mol. The molecule has 0 spiro atoms. The van der Waals surface area contributed by atoms with Crippen molar-refractivity contribution in [1.82, 2.24) is 10.6 Å². The van der Waals surface area contributed by atoms with Gasteiger partial charge < -0.3 is 26.2 Å². The number of phenols is 1. The number of phenolic OH excluding ortho intramolecular Hbond substituents is 1. The largest absolute Gasteiger partial charge is 0.508 e. The van der Waals surface area contributed by atoms with E-state index in [0.717, 1.165) is 5.56 Å². The summed E-state index contributed by atoms with van der Waals surface area (Å²) in [7, 11) is 0. The number of hydrogen-bond donors (Lipinski definition) is 4. The lowest BCUT2D eigenvalue weighted by Gasteiger charge is -2.23. The zero-order valence-corrected chi connectivity index (χ0v) is 17.1. The van der Waals surface area contributed by atoms with Gasteiger partial charge in [-0.25, -0.2) is 0 Å². The van der Waals surface area contributed by atoms with Gasteiger partial charge in [-0.3, -0.25) is 14.4 Å². The quantitative estimate of drug-likeness (QED) is 0.485. The Morgan fingerprint density at radius 3 is 2.18 bits per heavy atom. The zero-order chi connectivity index (χ0) is 21.5. The molecule has 8 heteroatoms. The molecule has 2 atom stereocenters. The topological polar surface area (TPSA) is 131 Å². The molecule has 0 aliphatic heterocycles. The van der Waals surface area contributed by atoms with Crippen LogP contribution >= 0.6 is 0 Å². The van der Waals surface area contributed by atoms with Gasteiger partial charge in [0.2, 0.25) is 11.8 Å². The predicted octanol–water partition coefficient (Wildman–Crippen LogP) is 0.861. The number of nitrogens with one attached hydrogen (secondary N) is 2. The summed E-state index contributed by atoms with van der Waals surface area (Å²) in [6, 6.07) is 4.60. The molecule has 2 amide bonds. The van der Waals surface area contributed by atoms with Crippen molar-refractivity contribution in [3.8, 4) is 5.75 Å². The van der Waals surface area contributed by atoms with Gasteiger partial charge in [-0.15, -0.1) is 0 Å². The maximum absolute atomic E-state index is 12.6. The Balaban J connectivity index is 2.83. The highest BCUT2D eigenvalue weighted by Crippen LogP contribution is 2.12. The van der Waals surface area contributed by atoms with Crippen molar-refractivity contribution in [2.75, 3.05) is 6.54 Å². The van der Waals surface area contributed by atoms with Crippen molar-refractivity contribution in [3.05, 3.63) is 29.8 Å². The summed E-state index contributed by atoms with van der Waals surface area (Å²) in [5.74, 6) is -1.55. The van der Waals surface area contributed by atoms with Crippen molar-refractivity contribution < 1.29 is 24.2 Å². The summed E-state index contributed by atoms with van der Waals surface area (Å²) < 4.78 is 5.16. The van der Waals surface area contributed by atoms with Crippen LogP contribution in [0.15, 0.2) is 24.3 Å². The molecule has 1 rings (SSSR count). The third-order valence-electron chi connectivity index (χ3n) is 3.86. The van der Waals surface area contributed by atoms with E-state index in [9.17, 15) is 19.5 Å². The van der Waals surface area contributed by atoms with Crippen molar-refractivity contribution in [1.29, 1.82) is 0 Å². The number of nitrogens with two attached hydrogens (primary N) is 1. The maximum Gasteiger partial charge on any atom is 0.325 e. The van der Waals surface area contributed by atoms with Crippen LogP contribution in [0.4, 0.5) is 0 Å². The Bertz CT molecular complexity index is 680. The molecule has 156 valence electrons. The van der Waals surface area contributed by atoms with E-state index in [1.165, 1.54) is 12.1 Å². The minimum absolute atomic E-state index is 0.0977. The molecule has 0 aromatic heterocycles. The third kappa shape index (κ3) is 8.39. The number of esters is 1. The lowest BCUT2D eigenvalue weighted by atomic mass is 10.0. The molecule has 0 bridgehead atoms. The van der Waals surface area contributed by atoms with Gasteiger partial charge in [0.25, 0.3) is 0 Å². The van der Waals surface area contributed by atoms with Gasteiger partial charge in [0.1, 0.15) is 23.9 Å². The van der Waals surface area contributed by atoms with Gasteiger partial charge >= 0.3 is 5.97 Å². The molecule has 2 unspecified atom stereocenters. The van der Waals surface area contributed by atoms with Gasteiger partial charge in [-0.1, -0.05) is 26.0 Å². The summed E-state index contributed by atoms with van der Waals surface area (Å²) in [6.07, 6.45) is 0.178. The van der Waals surface area contributed by atoms with E-state index >= 15 is 0 Å². The van der Waals surface area contributed by atoms with E-state index in [1.54, 1.807) is 32.9 Å². The summed E-state index contributed by atoms with van der Waals surface area (Å²) in [4.78, 5) is 36.7. The summed E-state index contributed by atoms with van der Waals surface area (Å²) in [5.41, 5.74) is 5.93. The lowest BCUT2D eigenvalue weighted by molar-refractivity contribution is -0.154. The van der Waals surface area contributed by atoms with Crippen LogP contribution in [-0.4, -0.2) is 47.1 Å². The van der Waals surface area contributed by atoms with E-state index < -0.39 is 35.5 Å². The highest BCUT2D eigenvalue weighted by Gasteiger charge is 2.26. The molecule has 0 heterocycles. The van der Waals surface area contributed by atoms with E-state index in [-0.39, 0.29) is 24.6 Å². The second kappa shape index (κ2) is 10.1. The van der Waals surface area contributed by atoms with E-state index in [1.807, 2.05) is 13.8 Å². The Labute approximate surface area is 165 Å². The van der Waals surface area contributed by atoms with Crippen molar-refractivity contribution in [2.24, 2.45) is 11.7 Å². The number of benzene rings is 1. The van der Waals surface area contributed by atoms with Crippen LogP contribution in [0.2, 0.25) is 0 Å². The molecule has 1 aromatic rings. The van der Waals surface area contributed by atoms with Crippen LogP contribution in [0, 0.1) is 5.92 Å². The number of carbonyl (C=O) groups is 3. The van der Waals surface area contributed by atoms with Crippen LogP contribution in [0.3, 0.4) is 0 Å². The smallest absolute Gasteiger partial charge is 0.325 e. The van der Waals surface area contributed by atoms with Crippen molar-refractivity contribution in [2.45, 2.75) is 58.7 Å². The summed E-state index contributed by atoms with van der Waals surface area (Å²) in [5, 5.41) is 14.5. The van der Waals surface area contributed by atoms with E-state index in [2.05, 4.69) is 10.6 Å². The van der Waals surface area contributed by atoms with Gasteiger partial charge in [0, 0.05) is 6.42 Å². The molecular formula is C20H31N3O5. The molecule has 0 aliphatic rings. The molecule has 1 aromatic carbocycles. The molecule has 0 radical (unpaired) electrons.